The van der Waals surface area contributed by atoms with Gasteiger partial charge in [0, 0.05) is 22.3 Å². The zero-order valence-electron chi connectivity index (χ0n) is 22.1. The maximum absolute atomic E-state index is 11.2. The van der Waals surface area contributed by atoms with Crippen LogP contribution in [0.3, 0.4) is 0 Å². The van der Waals surface area contributed by atoms with Crippen LogP contribution in [0.5, 0.6) is 11.5 Å². The third-order valence-corrected chi connectivity index (χ3v) is 8.01. The maximum Gasteiger partial charge on any atom is 0.330 e. The number of aryl methyl sites for hydroxylation is 1. The van der Waals surface area contributed by atoms with E-state index >= 15 is 0 Å². The number of rotatable bonds is 12. The standard InChI is InChI=1S/C33H30O6S/c1-3-31(34)38-18-16-36-27-9-5-25(6-10-27)33(15-13-23-22-30-24(14-20-40-30)21-29(23)33)26-7-11-28(12-8-26)37-17-19-39-32(35)4-2/h3-12,14,20-22H,1-2,13,15-19H2. The molecule has 1 aromatic heterocycles. The lowest BCUT2D eigenvalue weighted by atomic mass is 9.70. The van der Waals surface area contributed by atoms with Crippen molar-refractivity contribution in [1.29, 1.82) is 0 Å². The molecule has 7 heteroatoms. The van der Waals surface area contributed by atoms with E-state index in [9.17, 15) is 9.59 Å². The number of hydrogen-bond donors (Lipinski definition) is 0. The summed E-state index contributed by atoms with van der Waals surface area (Å²) in [6.45, 7) is 7.63. The van der Waals surface area contributed by atoms with E-state index in [-0.39, 0.29) is 31.8 Å². The second-order valence-corrected chi connectivity index (χ2v) is 10.3. The third kappa shape index (κ3) is 5.65. The van der Waals surface area contributed by atoms with Gasteiger partial charge in [0.2, 0.25) is 0 Å². The minimum absolute atomic E-state index is 0.158. The van der Waals surface area contributed by atoms with Crippen molar-refractivity contribution in [2.45, 2.75) is 18.3 Å². The average molecular weight is 555 g/mol. The number of ether oxygens (including phenoxy) is 4. The Hall–Kier alpha value is -4.36. The summed E-state index contributed by atoms with van der Waals surface area (Å²) >= 11 is 1.77. The number of thiophene rings is 1. The predicted molar refractivity (Wildman–Crippen MR) is 156 cm³/mol. The molecule has 40 heavy (non-hydrogen) atoms. The molecule has 1 aliphatic rings. The number of carbonyl (C=O) groups excluding carboxylic acids is 2. The minimum Gasteiger partial charge on any atom is -0.490 e. The summed E-state index contributed by atoms with van der Waals surface area (Å²) in [5, 5.41) is 3.39. The Labute approximate surface area is 237 Å². The van der Waals surface area contributed by atoms with E-state index in [1.807, 2.05) is 24.3 Å². The molecule has 0 saturated carbocycles. The van der Waals surface area contributed by atoms with Crippen molar-refractivity contribution >= 4 is 33.4 Å². The van der Waals surface area contributed by atoms with E-state index in [0.29, 0.717) is 11.5 Å². The molecule has 0 saturated heterocycles. The van der Waals surface area contributed by atoms with Gasteiger partial charge in [-0.05, 0) is 88.3 Å². The molecule has 0 N–H and O–H groups in total. The van der Waals surface area contributed by atoms with Crippen LogP contribution in [0, 0.1) is 0 Å². The second kappa shape index (κ2) is 12.2. The quantitative estimate of drug-likeness (QED) is 0.115. The molecule has 0 fully saturated rings. The number of fused-ring (bicyclic) bond motifs is 2. The highest BCUT2D eigenvalue weighted by Crippen LogP contribution is 2.50. The Bertz CT molecular complexity index is 1450. The van der Waals surface area contributed by atoms with Gasteiger partial charge in [-0.1, -0.05) is 37.4 Å². The molecule has 0 aliphatic heterocycles. The van der Waals surface area contributed by atoms with Crippen LogP contribution < -0.4 is 9.47 Å². The number of esters is 2. The van der Waals surface area contributed by atoms with Crippen LogP contribution in [0.1, 0.15) is 28.7 Å². The fourth-order valence-electron chi connectivity index (χ4n) is 5.27. The van der Waals surface area contributed by atoms with Crippen molar-refractivity contribution < 1.29 is 28.5 Å². The smallest absolute Gasteiger partial charge is 0.330 e. The van der Waals surface area contributed by atoms with Gasteiger partial charge in [0.15, 0.2) is 0 Å². The summed E-state index contributed by atoms with van der Waals surface area (Å²) in [6, 6.07) is 23.2. The van der Waals surface area contributed by atoms with Crippen LogP contribution in [0.4, 0.5) is 0 Å². The van der Waals surface area contributed by atoms with Crippen LogP contribution in [0.15, 0.2) is 97.4 Å². The van der Waals surface area contributed by atoms with Gasteiger partial charge in [-0.15, -0.1) is 11.3 Å². The third-order valence-electron chi connectivity index (χ3n) is 7.13. The molecule has 0 atom stereocenters. The number of carbonyl (C=O) groups is 2. The molecule has 0 spiro atoms. The van der Waals surface area contributed by atoms with E-state index in [1.54, 1.807) is 11.3 Å². The van der Waals surface area contributed by atoms with Crippen molar-refractivity contribution in [2.75, 3.05) is 26.4 Å². The van der Waals surface area contributed by atoms with Gasteiger partial charge < -0.3 is 18.9 Å². The van der Waals surface area contributed by atoms with Crippen LogP contribution in [-0.2, 0) is 30.9 Å². The Morgan fingerprint density at radius 1 is 0.775 bits per heavy atom. The summed E-state index contributed by atoms with van der Waals surface area (Å²) in [5.74, 6) is 0.489. The normalized spacial score (nSPS) is 13.3. The van der Waals surface area contributed by atoms with Crippen LogP contribution in [-0.4, -0.2) is 38.4 Å². The highest BCUT2D eigenvalue weighted by atomic mass is 32.1. The van der Waals surface area contributed by atoms with E-state index in [2.05, 4.69) is 61.0 Å². The highest BCUT2D eigenvalue weighted by molar-refractivity contribution is 7.17. The zero-order valence-corrected chi connectivity index (χ0v) is 22.9. The van der Waals surface area contributed by atoms with Crippen LogP contribution >= 0.6 is 11.3 Å². The van der Waals surface area contributed by atoms with Gasteiger partial charge in [0.25, 0.3) is 0 Å². The van der Waals surface area contributed by atoms with E-state index in [1.165, 1.54) is 32.3 Å². The molecule has 1 aliphatic carbocycles. The second-order valence-electron chi connectivity index (χ2n) is 9.36. The molecule has 0 bridgehead atoms. The molecule has 1 heterocycles. The van der Waals surface area contributed by atoms with Gasteiger partial charge >= 0.3 is 11.9 Å². The van der Waals surface area contributed by atoms with Crippen LogP contribution in [0.2, 0.25) is 0 Å². The van der Waals surface area contributed by atoms with E-state index in [4.69, 9.17) is 18.9 Å². The average Bonchev–Trinajstić information content (AvgIpc) is 3.61. The lowest BCUT2D eigenvalue weighted by Crippen LogP contribution is -2.26. The molecular weight excluding hydrogens is 524 g/mol. The molecule has 0 radical (unpaired) electrons. The molecular formula is C33H30O6S. The number of benzene rings is 3. The summed E-state index contributed by atoms with van der Waals surface area (Å²) in [7, 11) is 0. The summed E-state index contributed by atoms with van der Waals surface area (Å²) in [4.78, 5) is 22.5. The van der Waals surface area contributed by atoms with Crippen LogP contribution in [0.25, 0.3) is 10.1 Å². The van der Waals surface area contributed by atoms with E-state index < -0.39 is 11.9 Å². The summed E-state index contributed by atoms with van der Waals surface area (Å²) in [6.07, 6.45) is 4.19. The topological polar surface area (TPSA) is 71.1 Å². The summed E-state index contributed by atoms with van der Waals surface area (Å²) in [5.41, 5.74) is 4.70. The van der Waals surface area contributed by atoms with Crippen molar-refractivity contribution in [3.8, 4) is 11.5 Å². The first-order valence-electron chi connectivity index (χ1n) is 13.1. The maximum atomic E-state index is 11.2. The molecule has 0 amide bonds. The Morgan fingerprint density at radius 2 is 1.32 bits per heavy atom. The van der Waals surface area contributed by atoms with Gasteiger partial charge in [-0.2, -0.15) is 0 Å². The molecule has 6 nitrogen and oxygen atoms in total. The van der Waals surface area contributed by atoms with Gasteiger partial charge in [0.05, 0.1) is 0 Å². The first-order valence-corrected chi connectivity index (χ1v) is 14.0. The van der Waals surface area contributed by atoms with E-state index in [0.717, 1.165) is 25.0 Å². The van der Waals surface area contributed by atoms with Gasteiger partial charge in [-0.25, -0.2) is 9.59 Å². The van der Waals surface area contributed by atoms with Crippen molar-refractivity contribution in [3.05, 3.63) is 120 Å². The predicted octanol–water partition coefficient (Wildman–Crippen LogP) is 6.40. The van der Waals surface area contributed by atoms with Crippen molar-refractivity contribution in [3.63, 3.8) is 0 Å². The Balaban J connectivity index is 1.41. The van der Waals surface area contributed by atoms with Crippen molar-refractivity contribution in [1.82, 2.24) is 0 Å². The Morgan fingerprint density at radius 3 is 1.85 bits per heavy atom. The molecule has 204 valence electrons. The highest BCUT2D eigenvalue weighted by Gasteiger charge is 2.42. The largest absolute Gasteiger partial charge is 0.490 e. The fourth-order valence-corrected chi connectivity index (χ4v) is 6.11. The molecule has 0 unspecified atom stereocenters. The number of hydrogen-bond acceptors (Lipinski definition) is 7. The van der Waals surface area contributed by atoms with Gasteiger partial charge in [0.1, 0.15) is 37.9 Å². The lowest BCUT2D eigenvalue weighted by molar-refractivity contribution is -0.139. The van der Waals surface area contributed by atoms with Gasteiger partial charge in [-0.3, -0.25) is 0 Å². The Kier molecular flexibility index (Phi) is 8.31. The summed E-state index contributed by atoms with van der Waals surface area (Å²) < 4.78 is 22.9. The first kappa shape index (κ1) is 27.2. The van der Waals surface area contributed by atoms with Crippen molar-refractivity contribution in [2.24, 2.45) is 0 Å². The molecule has 5 rings (SSSR count). The molecule has 4 aromatic rings. The SMILES string of the molecule is C=CC(=O)OCCOc1ccc(C2(c3ccc(OCCOC(=O)C=C)cc3)CCc3cc4sccc4cc32)cc1. The monoisotopic (exact) mass is 554 g/mol. The fraction of sp³-hybridized carbons (Fsp3) is 0.212. The zero-order chi connectivity index (χ0) is 28.0. The lowest BCUT2D eigenvalue weighted by Gasteiger charge is -2.32. The minimum atomic E-state index is -0.465. The molecule has 3 aromatic carbocycles. The first-order chi connectivity index (χ1) is 19.5.